The Hall–Kier alpha value is -0.623. The van der Waals surface area contributed by atoms with Crippen molar-refractivity contribution in [3.05, 3.63) is 42.5 Å². The highest BCUT2D eigenvalue weighted by molar-refractivity contribution is 8.54. The summed E-state index contributed by atoms with van der Waals surface area (Å²) in [6, 6.07) is 14.9. The Labute approximate surface area is 136 Å². The lowest BCUT2D eigenvalue weighted by molar-refractivity contribution is 0.397. The Morgan fingerprint density at radius 2 is 1.82 bits per heavy atom. The predicted octanol–water partition coefficient (Wildman–Crippen LogP) is 2.71. The van der Waals surface area contributed by atoms with Crippen molar-refractivity contribution in [3.63, 3.8) is 0 Å². The zero-order valence-electron chi connectivity index (χ0n) is 12.8. The van der Waals surface area contributed by atoms with Gasteiger partial charge in [0, 0.05) is 12.3 Å². The van der Waals surface area contributed by atoms with Gasteiger partial charge in [-0.05, 0) is 28.3 Å². The molecule has 3 N–H and O–H groups in total. The van der Waals surface area contributed by atoms with Crippen LogP contribution in [0.3, 0.4) is 0 Å². The Morgan fingerprint density at radius 1 is 1.14 bits per heavy atom. The van der Waals surface area contributed by atoms with Crippen molar-refractivity contribution < 1.29 is 14.4 Å². The summed E-state index contributed by atoms with van der Waals surface area (Å²) in [5.41, 5.74) is 0. The largest absolute Gasteiger partial charge is 0.384 e. The molecule has 7 heteroatoms. The maximum absolute atomic E-state index is 10.8. The minimum Gasteiger partial charge on any atom is -0.318 e. The summed E-state index contributed by atoms with van der Waals surface area (Å²) in [6.07, 6.45) is 0.892. The third-order valence-corrected chi connectivity index (χ3v) is 8.93. The normalized spacial score (nSPS) is 12.7. The number of nitrogens with one attached hydrogen (secondary N) is 1. The topological polar surface area (TPSA) is 69.6 Å². The molecule has 0 atom stereocenters. The zero-order valence-corrected chi connectivity index (χ0v) is 15.5. The number of fused-ring (bicyclic) bond motifs is 1. The van der Waals surface area contributed by atoms with Crippen LogP contribution in [0, 0.1) is 0 Å². The Morgan fingerprint density at radius 3 is 2.55 bits per heavy atom. The summed E-state index contributed by atoms with van der Waals surface area (Å²) < 4.78 is 10.8. The molecule has 0 unspecified atom stereocenters. The van der Waals surface area contributed by atoms with Gasteiger partial charge in [-0.3, -0.25) is 0 Å². The Bertz CT molecular complexity index is 684. The summed E-state index contributed by atoms with van der Waals surface area (Å²) >= 11 is 0.702. The van der Waals surface area contributed by atoms with E-state index in [9.17, 15) is 4.57 Å². The first-order valence-corrected chi connectivity index (χ1v) is 13.6. The molecule has 2 aromatic rings. The highest BCUT2D eigenvalue weighted by atomic mass is 32.7. The van der Waals surface area contributed by atoms with E-state index in [-0.39, 0.29) is 0 Å². The predicted molar refractivity (Wildman–Crippen MR) is 98.4 cm³/mol. The summed E-state index contributed by atoms with van der Waals surface area (Å²) in [6.45, 7) is 1.29. The number of rotatable bonds is 7. The third-order valence-electron chi connectivity index (χ3n) is 3.62. The monoisotopic (exact) mass is 355 g/mol. The molecule has 2 aromatic carbocycles. The number of hydrogen-bond donors (Lipinski definition) is 3. The van der Waals surface area contributed by atoms with Crippen LogP contribution in [-0.4, -0.2) is 36.3 Å². The summed E-state index contributed by atoms with van der Waals surface area (Å²) in [4.78, 5) is 17.7. The molecule has 0 radical (unpaired) electrons. The van der Waals surface area contributed by atoms with E-state index >= 15 is 0 Å². The summed E-state index contributed by atoms with van der Waals surface area (Å²) in [5, 5.41) is 7.35. The van der Waals surface area contributed by atoms with Crippen molar-refractivity contribution in [1.82, 2.24) is 5.32 Å². The van der Waals surface area contributed by atoms with Crippen LogP contribution >= 0.6 is 18.2 Å². The minimum absolute atomic E-state index is 0.421. The van der Waals surface area contributed by atoms with Gasteiger partial charge in [0.25, 0.3) is 0 Å². The quantitative estimate of drug-likeness (QED) is 0.405. The van der Waals surface area contributed by atoms with Gasteiger partial charge in [-0.1, -0.05) is 60.7 Å². The van der Waals surface area contributed by atoms with Gasteiger partial charge in [0.15, 0.2) is 0 Å². The van der Waals surface area contributed by atoms with Crippen molar-refractivity contribution in [3.8, 4) is 0 Å². The third kappa shape index (κ3) is 4.95. The second-order valence-electron chi connectivity index (χ2n) is 5.91. The molecule has 0 saturated carbocycles. The van der Waals surface area contributed by atoms with Crippen molar-refractivity contribution in [2.75, 3.05) is 18.5 Å². The molecular weight excluding hydrogens is 333 g/mol. The lowest BCUT2D eigenvalue weighted by Crippen LogP contribution is -2.51. The van der Waals surface area contributed by atoms with Crippen LogP contribution in [0.5, 0.6) is 0 Å². The smallest absolute Gasteiger partial charge is 0.318 e. The maximum Gasteiger partial charge on any atom is 0.384 e. The average molecular weight is 355 g/mol. The van der Waals surface area contributed by atoms with Crippen LogP contribution in [0.4, 0.5) is 0 Å². The first-order valence-electron chi connectivity index (χ1n) is 7.19. The number of hydrogen-bond acceptors (Lipinski definition) is 3. The van der Waals surface area contributed by atoms with Crippen LogP contribution in [0.1, 0.15) is 0 Å². The van der Waals surface area contributed by atoms with E-state index < -0.39 is 14.9 Å². The molecule has 0 aromatic heterocycles. The molecule has 0 spiro atoms. The molecule has 0 heterocycles. The van der Waals surface area contributed by atoms with Crippen LogP contribution in [0.15, 0.2) is 42.5 Å². The molecule has 2 rings (SSSR count). The van der Waals surface area contributed by atoms with Gasteiger partial charge < -0.3 is 15.1 Å². The van der Waals surface area contributed by atoms with Gasteiger partial charge in [0.1, 0.15) is 0 Å². The second kappa shape index (κ2) is 7.30. The first-order chi connectivity index (χ1) is 10.3. The molecule has 22 heavy (non-hydrogen) atoms. The Balaban J connectivity index is 2.02. The average Bonchev–Trinajstić information content (AvgIpc) is 2.45. The minimum atomic E-state index is -3.95. The van der Waals surface area contributed by atoms with Crippen LogP contribution < -0.4 is 10.5 Å². The highest BCUT2D eigenvalue weighted by Gasteiger charge is 2.24. The fourth-order valence-electron chi connectivity index (χ4n) is 2.55. The molecule has 0 fully saturated rings. The molecule has 0 aliphatic rings. The lowest BCUT2D eigenvalue weighted by atomic mass is 10.1. The number of benzene rings is 2. The van der Waals surface area contributed by atoms with Crippen molar-refractivity contribution in [1.29, 1.82) is 0 Å². The zero-order chi connectivity index (χ0) is 16.2. The van der Waals surface area contributed by atoms with E-state index in [0.717, 1.165) is 6.17 Å². The van der Waals surface area contributed by atoms with Crippen LogP contribution in [0.2, 0.25) is 13.1 Å². The van der Waals surface area contributed by atoms with Crippen molar-refractivity contribution in [2.24, 2.45) is 0 Å². The summed E-state index contributed by atoms with van der Waals surface area (Å²) in [5.74, 6) is 0.421. The lowest BCUT2D eigenvalue weighted by Gasteiger charge is -2.25. The highest BCUT2D eigenvalue weighted by Crippen LogP contribution is 2.49. The van der Waals surface area contributed by atoms with Gasteiger partial charge >= 0.3 is 6.80 Å². The first kappa shape index (κ1) is 17.7. The van der Waals surface area contributed by atoms with E-state index in [1.54, 1.807) is 0 Å². The SMILES string of the molecule is C[Si](C)(CNCCSP(=O)(O)O)c1cccc2ccccc12. The molecule has 0 aliphatic heterocycles. The van der Waals surface area contributed by atoms with Crippen molar-refractivity contribution in [2.45, 2.75) is 13.1 Å². The van der Waals surface area contributed by atoms with Crippen LogP contribution in [-0.2, 0) is 4.57 Å². The van der Waals surface area contributed by atoms with Gasteiger partial charge in [0.05, 0.1) is 8.07 Å². The Kier molecular flexibility index (Phi) is 5.88. The molecule has 0 saturated heterocycles. The molecule has 0 amide bonds. The standard InChI is InChI=1S/C15H22NO3PSSi/c1-22(2,12-16-10-11-21-20(17,18)19)15-9-5-7-13-6-3-4-8-14(13)15/h3-9,16H,10-12H2,1-2H3,(H2,17,18,19). The summed E-state index contributed by atoms with van der Waals surface area (Å²) in [7, 11) is -1.65. The molecule has 0 aliphatic carbocycles. The molecular formula is C15H22NO3PSSi. The second-order valence-corrected chi connectivity index (χ2v) is 14.4. The van der Waals surface area contributed by atoms with Gasteiger partial charge in [-0.15, -0.1) is 0 Å². The van der Waals surface area contributed by atoms with E-state index in [1.165, 1.54) is 16.0 Å². The molecule has 120 valence electrons. The van der Waals surface area contributed by atoms with E-state index in [2.05, 4.69) is 60.9 Å². The molecule has 0 bridgehead atoms. The van der Waals surface area contributed by atoms with Gasteiger partial charge in [0.2, 0.25) is 0 Å². The fraction of sp³-hybridized carbons (Fsp3) is 0.333. The van der Waals surface area contributed by atoms with Gasteiger partial charge in [-0.2, -0.15) is 0 Å². The van der Waals surface area contributed by atoms with E-state index in [4.69, 9.17) is 9.79 Å². The maximum atomic E-state index is 10.8. The van der Waals surface area contributed by atoms with Crippen molar-refractivity contribution >= 4 is 42.2 Å². The molecule has 4 nitrogen and oxygen atoms in total. The van der Waals surface area contributed by atoms with E-state index in [1.807, 2.05) is 0 Å². The van der Waals surface area contributed by atoms with E-state index in [0.29, 0.717) is 23.7 Å². The fourth-order valence-corrected chi connectivity index (χ4v) is 6.51. The van der Waals surface area contributed by atoms with Gasteiger partial charge in [-0.25, -0.2) is 4.57 Å². The van der Waals surface area contributed by atoms with Crippen LogP contribution in [0.25, 0.3) is 10.8 Å².